The lowest BCUT2D eigenvalue weighted by atomic mass is 10.0. The van der Waals surface area contributed by atoms with Gasteiger partial charge in [0.1, 0.15) is 0 Å². The molecule has 0 saturated carbocycles. The number of hydrogen-bond donors (Lipinski definition) is 1. The second-order valence-electron chi connectivity index (χ2n) is 4.11. The summed E-state index contributed by atoms with van der Waals surface area (Å²) in [5.41, 5.74) is 0. The second-order valence-corrected chi connectivity index (χ2v) is 4.11. The fourth-order valence-electron chi connectivity index (χ4n) is 1.95. The average molecular weight is 171 g/mol. The minimum Gasteiger partial charge on any atom is -0.396 e. The van der Waals surface area contributed by atoms with Gasteiger partial charge in [-0.15, -0.1) is 0 Å². The van der Waals surface area contributed by atoms with E-state index in [1.165, 1.54) is 25.9 Å². The van der Waals surface area contributed by atoms with Gasteiger partial charge in [0.2, 0.25) is 0 Å². The Bertz CT molecular complexity index is 125. The van der Waals surface area contributed by atoms with Crippen molar-refractivity contribution in [3.63, 3.8) is 0 Å². The largest absolute Gasteiger partial charge is 0.396 e. The third-order valence-electron chi connectivity index (χ3n) is 2.82. The number of likely N-dealkylation sites (tertiary alicyclic amines) is 1. The number of hydrogen-bond acceptors (Lipinski definition) is 2. The van der Waals surface area contributed by atoms with Crippen molar-refractivity contribution in [1.29, 1.82) is 0 Å². The zero-order valence-electron chi connectivity index (χ0n) is 8.29. The molecule has 1 fully saturated rings. The van der Waals surface area contributed by atoms with Crippen LogP contribution in [0.2, 0.25) is 0 Å². The minimum atomic E-state index is 0.359. The first-order valence-electron chi connectivity index (χ1n) is 5.09. The van der Waals surface area contributed by atoms with Crippen LogP contribution in [0.3, 0.4) is 0 Å². The highest BCUT2D eigenvalue weighted by Gasteiger charge is 2.23. The number of aliphatic hydroxyl groups is 1. The van der Waals surface area contributed by atoms with E-state index in [1.54, 1.807) is 0 Å². The molecule has 2 nitrogen and oxygen atoms in total. The van der Waals surface area contributed by atoms with E-state index < -0.39 is 0 Å². The Morgan fingerprint density at radius 2 is 2.25 bits per heavy atom. The van der Waals surface area contributed by atoms with Crippen molar-refractivity contribution >= 4 is 0 Å². The molecule has 0 aliphatic carbocycles. The Morgan fingerprint density at radius 3 is 2.75 bits per heavy atom. The smallest absolute Gasteiger partial charge is 0.0431 e. The van der Waals surface area contributed by atoms with Crippen molar-refractivity contribution in [1.82, 2.24) is 4.90 Å². The highest BCUT2D eigenvalue weighted by molar-refractivity contribution is 4.77. The van der Waals surface area contributed by atoms with Crippen LogP contribution in [0.25, 0.3) is 0 Å². The van der Waals surface area contributed by atoms with E-state index in [1.807, 2.05) is 0 Å². The van der Waals surface area contributed by atoms with E-state index >= 15 is 0 Å². The SMILES string of the molecule is CC(C)N1CC[C@@H](CCCO)C1. The fourth-order valence-corrected chi connectivity index (χ4v) is 1.95. The Labute approximate surface area is 75.6 Å². The Balaban J connectivity index is 2.17. The van der Waals surface area contributed by atoms with Gasteiger partial charge in [-0.3, -0.25) is 0 Å². The number of rotatable bonds is 4. The van der Waals surface area contributed by atoms with E-state index in [9.17, 15) is 0 Å². The maximum absolute atomic E-state index is 8.69. The lowest BCUT2D eigenvalue weighted by molar-refractivity contribution is 0.249. The molecule has 12 heavy (non-hydrogen) atoms. The molecule has 0 unspecified atom stereocenters. The van der Waals surface area contributed by atoms with Crippen LogP contribution in [0.1, 0.15) is 33.1 Å². The Kier molecular flexibility index (Phi) is 4.02. The molecule has 2 heteroatoms. The van der Waals surface area contributed by atoms with Gasteiger partial charge in [-0.1, -0.05) is 0 Å². The summed E-state index contributed by atoms with van der Waals surface area (Å²) in [7, 11) is 0. The van der Waals surface area contributed by atoms with Crippen molar-refractivity contribution in [2.75, 3.05) is 19.7 Å². The van der Waals surface area contributed by atoms with Crippen LogP contribution in [0.5, 0.6) is 0 Å². The summed E-state index contributed by atoms with van der Waals surface area (Å²) >= 11 is 0. The third-order valence-corrected chi connectivity index (χ3v) is 2.82. The van der Waals surface area contributed by atoms with Gasteiger partial charge in [-0.05, 0) is 45.6 Å². The van der Waals surface area contributed by atoms with E-state index in [-0.39, 0.29) is 0 Å². The van der Waals surface area contributed by atoms with Gasteiger partial charge in [0.05, 0.1) is 0 Å². The van der Waals surface area contributed by atoms with E-state index in [0.717, 1.165) is 12.3 Å². The zero-order chi connectivity index (χ0) is 8.97. The molecule has 0 aromatic carbocycles. The first-order valence-corrected chi connectivity index (χ1v) is 5.09. The van der Waals surface area contributed by atoms with Crippen LogP contribution < -0.4 is 0 Å². The fraction of sp³-hybridized carbons (Fsp3) is 1.00. The first kappa shape index (κ1) is 10.0. The molecule has 0 bridgehead atoms. The van der Waals surface area contributed by atoms with E-state index in [4.69, 9.17) is 5.11 Å². The number of aliphatic hydroxyl groups excluding tert-OH is 1. The van der Waals surface area contributed by atoms with Crippen molar-refractivity contribution < 1.29 is 5.11 Å². The van der Waals surface area contributed by atoms with Crippen molar-refractivity contribution in [2.45, 2.75) is 39.2 Å². The molecule has 0 amide bonds. The van der Waals surface area contributed by atoms with Crippen molar-refractivity contribution in [3.8, 4) is 0 Å². The van der Waals surface area contributed by atoms with Crippen LogP contribution in [0.15, 0.2) is 0 Å². The summed E-state index contributed by atoms with van der Waals surface area (Å²) in [4.78, 5) is 2.53. The van der Waals surface area contributed by atoms with E-state index in [0.29, 0.717) is 12.6 Å². The molecular formula is C10H21NO. The standard InChI is InChI=1S/C10H21NO/c1-9(2)11-6-5-10(8-11)4-3-7-12/h9-10,12H,3-8H2,1-2H3/t10-/m1/s1. The predicted octanol–water partition coefficient (Wildman–Crippen LogP) is 1.49. The molecule has 1 rings (SSSR count). The third kappa shape index (κ3) is 2.76. The molecule has 1 aliphatic heterocycles. The highest BCUT2D eigenvalue weighted by atomic mass is 16.2. The molecule has 1 N–H and O–H groups in total. The summed E-state index contributed by atoms with van der Waals surface area (Å²) in [5.74, 6) is 0.847. The van der Waals surface area contributed by atoms with Gasteiger partial charge < -0.3 is 10.0 Å². The van der Waals surface area contributed by atoms with Crippen molar-refractivity contribution in [3.05, 3.63) is 0 Å². The van der Waals surface area contributed by atoms with Crippen LogP contribution in [-0.4, -0.2) is 35.7 Å². The summed E-state index contributed by atoms with van der Waals surface area (Å²) in [6, 6.07) is 0.698. The number of nitrogens with zero attached hydrogens (tertiary/aromatic N) is 1. The van der Waals surface area contributed by atoms with Gasteiger partial charge in [0.15, 0.2) is 0 Å². The van der Waals surface area contributed by atoms with Crippen LogP contribution >= 0.6 is 0 Å². The minimum absolute atomic E-state index is 0.359. The summed E-state index contributed by atoms with van der Waals surface area (Å²) < 4.78 is 0. The molecule has 1 heterocycles. The molecular weight excluding hydrogens is 150 g/mol. The lowest BCUT2D eigenvalue weighted by Gasteiger charge is -2.20. The van der Waals surface area contributed by atoms with Crippen LogP contribution in [-0.2, 0) is 0 Å². The Morgan fingerprint density at radius 1 is 1.50 bits per heavy atom. The van der Waals surface area contributed by atoms with Gasteiger partial charge in [0, 0.05) is 19.2 Å². The maximum atomic E-state index is 8.69. The normalized spacial score (nSPS) is 25.5. The maximum Gasteiger partial charge on any atom is 0.0431 e. The van der Waals surface area contributed by atoms with E-state index in [2.05, 4.69) is 18.7 Å². The molecule has 0 spiro atoms. The summed E-state index contributed by atoms with van der Waals surface area (Å²) in [5, 5.41) is 8.69. The van der Waals surface area contributed by atoms with Gasteiger partial charge in [0.25, 0.3) is 0 Å². The first-order chi connectivity index (χ1) is 5.74. The summed E-state index contributed by atoms with van der Waals surface area (Å²) in [6.45, 7) is 7.38. The summed E-state index contributed by atoms with van der Waals surface area (Å²) in [6.07, 6.45) is 3.52. The quantitative estimate of drug-likeness (QED) is 0.692. The molecule has 0 radical (unpaired) electrons. The van der Waals surface area contributed by atoms with Crippen LogP contribution in [0.4, 0.5) is 0 Å². The molecule has 1 aliphatic rings. The predicted molar refractivity (Wildman–Crippen MR) is 51.1 cm³/mol. The molecule has 0 aromatic rings. The monoisotopic (exact) mass is 171 g/mol. The lowest BCUT2D eigenvalue weighted by Crippen LogP contribution is -2.28. The second kappa shape index (κ2) is 4.83. The highest BCUT2D eigenvalue weighted by Crippen LogP contribution is 2.22. The van der Waals surface area contributed by atoms with Gasteiger partial charge in [-0.25, -0.2) is 0 Å². The molecule has 1 atom stereocenters. The van der Waals surface area contributed by atoms with Crippen molar-refractivity contribution in [2.24, 2.45) is 5.92 Å². The Hall–Kier alpha value is -0.0800. The zero-order valence-corrected chi connectivity index (χ0v) is 8.29. The molecule has 72 valence electrons. The van der Waals surface area contributed by atoms with Gasteiger partial charge in [-0.2, -0.15) is 0 Å². The molecule has 1 saturated heterocycles. The topological polar surface area (TPSA) is 23.5 Å². The van der Waals surface area contributed by atoms with Crippen LogP contribution in [0, 0.1) is 5.92 Å². The van der Waals surface area contributed by atoms with Gasteiger partial charge >= 0.3 is 0 Å². The average Bonchev–Trinajstić information content (AvgIpc) is 2.48. The molecule has 0 aromatic heterocycles.